The van der Waals surface area contributed by atoms with Crippen LogP contribution in [0.2, 0.25) is 0 Å². The molecule has 1 amide bonds. The molecule has 1 saturated heterocycles. The van der Waals surface area contributed by atoms with Gasteiger partial charge in [0, 0.05) is 37.8 Å². The van der Waals surface area contributed by atoms with Crippen molar-refractivity contribution in [2.45, 2.75) is 30.7 Å². The van der Waals surface area contributed by atoms with Gasteiger partial charge in [0.1, 0.15) is 16.5 Å². The van der Waals surface area contributed by atoms with Gasteiger partial charge < -0.3 is 4.90 Å². The van der Waals surface area contributed by atoms with Crippen molar-refractivity contribution < 1.29 is 22.0 Å². The minimum Gasteiger partial charge on any atom is -0.337 e. The zero-order valence-corrected chi connectivity index (χ0v) is 16.4. The van der Waals surface area contributed by atoms with E-state index in [-0.39, 0.29) is 12.1 Å². The number of halogens is 2. The summed E-state index contributed by atoms with van der Waals surface area (Å²) in [6.45, 7) is 0.692. The smallest absolute Gasteiger partial charge is 0.253 e. The van der Waals surface area contributed by atoms with E-state index in [4.69, 9.17) is 0 Å². The number of sulfonamides is 1. The van der Waals surface area contributed by atoms with E-state index >= 15 is 0 Å². The predicted octanol–water partition coefficient (Wildman–Crippen LogP) is 3.41. The van der Waals surface area contributed by atoms with Crippen molar-refractivity contribution in [2.24, 2.45) is 0 Å². The lowest BCUT2D eigenvalue weighted by molar-refractivity contribution is 0.0783. The van der Waals surface area contributed by atoms with Crippen LogP contribution in [0.3, 0.4) is 0 Å². The molecule has 1 heterocycles. The molecule has 3 rings (SSSR count). The van der Waals surface area contributed by atoms with Gasteiger partial charge in [0.15, 0.2) is 0 Å². The van der Waals surface area contributed by atoms with Gasteiger partial charge in [-0.15, -0.1) is 0 Å². The molecule has 28 heavy (non-hydrogen) atoms. The van der Waals surface area contributed by atoms with Crippen molar-refractivity contribution in [3.63, 3.8) is 0 Å². The highest BCUT2D eigenvalue weighted by atomic mass is 32.2. The van der Waals surface area contributed by atoms with E-state index in [2.05, 4.69) is 0 Å². The summed E-state index contributed by atoms with van der Waals surface area (Å²) in [6, 6.07) is 9.38. The van der Waals surface area contributed by atoms with Gasteiger partial charge >= 0.3 is 0 Å². The summed E-state index contributed by atoms with van der Waals surface area (Å²) in [5.41, 5.74) is 0.373. The monoisotopic (exact) mass is 408 g/mol. The lowest BCUT2D eigenvalue weighted by Crippen LogP contribution is -2.36. The summed E-state index contributed by atoms with van der Waals surface area (Å²) in [4.78, 5) is 13.5. The second kappa shape index (κ2) is 8.36. The van der Waals surface area contributed by atoms with Gasteiger partial charge in [-0.25, -0.2) is 17.2 Å². The van der Waals surface area contributed by atoms with Gasteiger partial charge in [-0.3, -0.25) is 4.79 Å². The van der Waals surface area contributed by atoms with Crippen LogP contribution < -0.4 is 0 Å². The fourth-order valence-electron chi connectivity index (χ4n) is 3.25. The van der Waals surface area contributed by atoms with Gasteiger partial charge in [0.25, 0.3) is 5.91 Å². The normalized spacial score (nSPS) is 15.4. The van der Waals surface area contributed by atoms with E-state index in [1.807, 2.05) is 0 Å². The molecule has 150 valence electrons. The van der Waals surface area contributed by atoms with Crippen molar-refractivity contribution in [2.75, 3.05) is 20.1 Å². The molecule has 1 aliphatic heterocycles. The number of carbonyl (C=O) groups is 1. The maximum atomic E-state index is 14.3. The third kappa shape index (κ3) is 4.23. The van der Waals surface area contributed by atoms with Gasteiger partial charge in [-0.05, 0) is 37.1 Å². The number of nitrogens with zero attached hydrogens (tertiary/aromatic N) is 2. The Morgan fingerprint density at radius 2 is 1.71 bits per heavy atom. The Morgan fingerprint density at radius 3 is 2.39 bits per heavy atom. The molecular weight excluding hydrogens is 386 g/mol. The summed E-state index contributed by atoms with van der Waals surface area (Å²) in [7, 11) is -2.53. The quantitative estimate of drug-likeness (QED) is 0.762. The number of benzene rings is 2. The fourth-order valence-corrected chi connectivity index (χ4v) is 4.86. The van der Waals surface area contributed by atoms with E-state index in [9.17, 15) is 22.0 Å². The number of rotatable bonds is 5. The molecule has 0 aliphatic carbocycles. The lowest BCUT2D eigenvalue weighted by atomic mass is 10.1. The Bertz CT molecular complexity index is 973. The summed E-state index contributed by atoms with van der Waals surface area (Å²) in [5.74, 6) is -1.84. The standard InChI is InChI=1S/C20H22F2N2O3S/c1-23(14-16-7-3-4-8-17(16)21)20(25)15-9-10-18(22)19(13-15)28(26,27)24-11-5-2-6-12-24/h3-4,7-10,13H,2,5-6,11-12,14H2,1H3. The third-order valence-corrected chi connectivity index (χ3v) is 6.74. The Kier molecular flexibility index (Phi) is 6.10. The average Bonchev–Trinajstić information content (AvgIpc) is 2.70. The molecule has 0 spiro atoms. The lowest BCUT2D eigenvalue weighted by Gasteiger charge is -2.26. The second-order valence-electron chi connectivity index (χ2n) is 6.86. The fraction of sp³-hybridized carbons (Fsp3) is 0.350. The number of amides is 1. The molecule has 2 aromatic carbocycles. The molecule has 1 fully saturated rings. The number of piperidine rings is 1. The summed E-state index contributed by atoms with van der Waals surface area (Å²) < 4.78 is 55.0. The molecular formula is C20H22F2N2O3S. The molecule has 5 nitrogen and oxygen atoms in total. The largest absolute Gasteiger partial charge is 0.337 e. The van der Waals surface area contributed by atoms with Gasteiger partial charge in [0.05, 0.1) is 0 Å². The maximum absolute atomic E-state index is 14.3. The van der Waals surface area contributed by atoms with E-state index in [1.165, 1.54) is 28.4 Å². The van der Waals surface area contributed by atoms with Crippen molar-refractivity contribution in [3.05, 3.63) is 65.2 Å². The van der Waals surface area contributed by atoms with E-state index in [0.717, 1.165) is 31.4 Å². The highest BCUT2D eigenvalue weighted by Crippen LogP contribution is 2.24. The average molecular weight is 408 g/mol. The van der Waals surface area contributed by atoms with Crippen LogP contribution in [0.15, 0.2) is 47.4 Å². The van der Waals surface area contributed by atoms with Crippen molar-refractivity contribution in [1.82, 2.24) is 9.21 Å². The van der Waals surface area contributed by atoms with Crippen LogP contribution in [0.5, 0.6) is 0 Å². The topological polar surface area (TPSA) is 57.7 Å². The van der Waals surface area contributed by atoms with Crippen LogP contribution in [-0.4, -0.2) is 43.7 Å². The molecule has 2 aromatic rings. The first-order chi connectivity index (χ1) is 13.3. The van der Waals surface area contributed by atoms with Gasteiger partial charge in [-0.1, -0.05) is 24.6 Å². The van der Waals surface area contributed by atoms with Crippen molar-refractivity contribution in [1.29, 1.82) is 0 Å². The summed E-state index contributed by atoms with van der Waals surface area (Å²) in [5, 5.41) is 0. The van der Waals surface area contributed by atoms with Crippen molar-refractivity contribution in [3.8, 4) is 0 Å². The molecule has 8 heteroatoms. The van der Waals surface area contributed by atoms with Crippen LogP contribution >= 0.6 is 0 Å². The predicted molar refractivity (Wildman–Crippen MR) is 101 cm³/mol. The number of hydrogen-bond acceptors (Lipinski definition) is 3. The van der Waals surface area contributed by atoms with E-state index < -0.39 is 32.5 Å². The first kappa shape index (κ1) is 20.4. The third-order valence-electron chi connectivity index (χ3n) is 4.82. The molecule has 0 radical (unpaired) electrons. The SMILES string of the molecule is CN(Cc1ccccc1F)C(=O)c1ccc(F)c(S(=O)(=O)N2CCCCC2)c1. The Labute approximate surface area is 163 Å². The Hall–Kier alpha value is -2.32. The highest BCUT2D eigenvalue weighted by molar-refractivity contribution is 7.89. The van der Waals surface area contributed by atoms with Crippen molar-refractivity contribution >= 4 is 15.9 Å². The maximum Gasteiger partial charge on any atom is 0.253 e. The first-order valence-corrected chi connectivity index (χ1v) is 10.5. The van der Waals surface area contributed by atoms with E-state index in [1.54, 1.807) is 18.2 Å². The molecule has 0 atom stereocenters. The van der Waals surface area contributed by atoms with E-state index in [0.29, 0.717) is 18.7 Å². The van der Waals surface area contributed by atoms with Crippen LogP contribution in [0.4, 0.5) is 8.78 Å². The van der Waals surface area contributed by atoms with Gasteiger partial charge in [0.2, 0.25) is 10.0 Å². The van der Waals surface area contributed by atoms with Crippen LogP contribution in [0.25, 0.3) is 0 Å². The second-order valence-corrected chi connectivity index (χ2v) is 8.77. The van der Waals surface area contributed by atoms with Crippen LogP contribution in [0.1, 0.15) is 35.2 Å². The van der Waals surface area contributed by atoms with Crippen LogP contribution in [-0.2, 0) is 16.6 Å². The first-order valence-electron chi connectivity index (χ1n) is 9.09. The molecule has 0 bridgehead atoms. The number of hydrogen-bond donors (Lipinski definition) is 0. The Balaban J connectivity index is 1.86. The molecule has 1 aliphatic rings. The number of carbonyl (C=O) groups excluding carboxylic acids is 1. The zero-order chi connectivity index (χ0) is 20.3. The highest BCUT2D eigenvalue weighted by Gasteiger charge is 2.29. The molecule has 0 N–H and O–H groups in total. The van der Waals surface area contributed by atoms with Crippen LogP contribution in [0, 0.1) is 11.6 Å². The minimum absolute atomic E-state index is 0.0110. The molecule has 0 aromatic heterocycles. The summed E-state index contributed by atoms with van der Waals surface area (Å²) in [6.07, 6.45) is 2.39. The Morgan fingerprint density at radius 1 is 1.04 bits per heavy atom. The van der Waals surface area contributed by atoms with Gasteiger partial charge in [-0.2, -0.15) is 4.31 Å². The molecule has 0 unspecified atom stereocenters. The zero-order valence-electron chi connectivity index (χ0n) is 15.6. The summed E-state index contributed by atoms with van der Waals surface area (Å²) >= 11 is 0. The minimum atomic E-state index is -4.01. The molecule has 0 saturated carbocycles.